The molecule has 1 fully saturated rings. The molecule has 0 bridgehead atoms. The van der Waals surface area contributed by atoms with E-state index in [2.05, 4.69) is 49.7 Å². The lowest BCUT2D eigenvalue weighted by Gasteiger charge is -2.20. The second-order valence-electron chi connectivity index (χ2n) is 7.61. The van der Waals surface area contributed by atoms with Gasteiger partial charge in [-0.3, -0.25) is 0 Å². The van der Waals surface area contributed by atoms with Crippen LogP contribution in [0.4, 0.5) is 0 Å². The van der Waals surface area contributed by atoms with Crippen LogP contribution in [0.2, 0.25) is 0 Å². The van der Waals surface area contributed by atoms with Crippen molar-refractivity contribution in [2.45, 2.75) is 52.7 Å². The Morgan fingerprint density at radius 3 is 2.85 bits per heavy atom. The van der Waals surface area contributed by atoms with Gasteiger partial charge in [0.15, 0.2) is 5.79 Å². The predicted octanol–water partition coefficient (Wildman–Crippen LogP) is 6.08. The van der Waals surface area contributed by atoms with Crippen molar-refractivity contribution in [2.75, 3.05) is 6.61 Å². The molecule has 1 N–H and O–H groups in total. The van der Waals surface area contributed by atoms with Crippen molar-refractivity contribution in [1.82, 2.24) is 4.98 Å². The van der Waals surface area contributed by atoms with Gasteiger partial charge in [0.25, 0.3) is 0 Å². The van der Waals surface area contributed by atoms with E-state index in [0.717, 1.165) is 22.9 Å². The van der Waals surface area contributed by atoms with E-state index in [-0.39, 0.29) is 0 Å². The summed E-state index contributed by atoms with van der Waals surface area (Å²) in [4.78, 5) is 5.23. The van der Waals surface area contributed by atoms with E-state index < -0.39 is 5.79 Å². The summed E-state index contributed by atoms with van der Waals surface area (Å²) in [6.45, 7) is 12.5. The summed E-state index contributed by atoms with van der Waals surface area (Å²) >= 11 is 1.47. The van der Waals surface area contributed by atoms with Crippen LogP contribution in [0, 0.1) is 12.8 Å². The number of aliphatic hydroxyl groups is 1. The number of rotatable bonds is 8. The van der Waals surface area contributed by atoms with Crippen molar-refractivity contribution in [3.05, 3.63) is 58.6 Å². The predicted molar refractivity (Wildman–Crippen MR) is 114 cm³/mol. The lowest BCUT2D eigenvalue weighted by atomic mass is 9.97. The fraction of sp³-hybridized carbons (Fsp3) is 0.435. The van der Waals surface area contributed by atoms with Crippen LogP contribution in [0.25, 0.3) is 16.1 Å². The molecule has 1 aliphatic carbocycles. The van der Waals surface area contributed by atoms with Crippen molar-refractivity contribution in [2.24, 2.45) is 5.92 Å². The Kier molecular flexibility index (Phi) is 5.99. The number of aryl methyl sites for hydroxylation is 1. The molecule has 3 rings (SSSR count). The van der Waals surface area contributed by atoms with Crippen LogP contribution in [-0.2, 0) is 10.5 Å². The minimum absolute atomic E-state index is 0.448. The van der Waals surface area contributed by atoms with Crippen molar-refractivity contribution in [1.29, 1.82) is 0 Å². The highest BCUT2D eigenvalue weighted by molar-refractivity contribution is 7.15. The van der Waals surface area contributed by atoms with E-state index in [1.54, 1.807) is 13.1 Å². The molecule has 1 unspecified atom stereocenters. The van der Waals surface area contributed by atoms with Gasteiger partial charge in [0.1, 0.15) is 5.01 Å². The molecule has 144 valence electrons. The Bertz CT molecular complexity index is 859. The third kappa shape index (κ3) is 4.95. The Morgan fingerprint density at radius 2 is 2.19 bits per heavy atom. The molecular formula is C23H29NO2S. The first-order valence-corrected chi connectivity index (χ1v) is 10.4. The van der Waals surface area contributed by atoms with Crippen LogP contribution in [-0.4, -0.2) is 16.7 Å². The van der Waals surface area contributed by atoms with Crippen molar-refractivity contribution in [3.63, 3.8) is 0 Å². The van der Waals surface area contributed by atoms with Gasteiger partial charge >= 0.3 is 0 Å². The molecule has 0 radical (unpaired) electrons. The fourth-order valence-electron chi connectivity index (χ4n) is 3.29. The summed E-state index contributed by atoms with van der Waals surface area (Å²) in [6, 6.07) is 6.40. The van der Waals surface area contributed by atoms with E-state index in [1.165, 1.54) is 46.5 Å². The second-order valence-corrected chi connectivity index (χ2v) is 8.64. The zero-order valence-corrected chi connectivity index (χ0v) is 17.5. The highest BCUT2D eigenvalue weighted by atomic mass is 32.1. The zero-order valence-electron chi connectivity index (χ0n) is 16.7. The third-order valence-electron chi connectivity index (χ3n) is 4.97. The maximum Gasteiger partial charge on any atom is 0.200 e. The minimum Gasteiger partial charge on any atom is -0.361 e. The molecule has 4 heteroatoms. The minimum atomic E-state index is -1.30. The largest absolute Gasteiger partial charge is 0.361 e. The standard InChI is InChI=1S/C23H29NO2S/c1-6-26-23(5,25)21-14-24-22(27-21)19-10-7-16(3)20(13-19)17(4)11-15(2)12-18-8-9-18/h7,10-11,13-14,18,25H,2,6,8-9,12H2,1,3-5H3. The van der Waals surface area contributed by atoms with Gasteiger partial charge in [0.05, 0.1) is 4.88 Å². The Morgan fingerprint density at radius 1 is 1.44 bits per heavy atom. The smallest absolute Gasteiger partial charge is 0.200 e. The molecule has 27 heavy (non-hydrogen) atoms. The summed E-state index contributed by atoms with van der Waals surface area (Å²) in [5.74, 6) is -0.449. The van der Waals surface area contributed by atoms with E-state index in [0.29, 0.717) is 11.5 Å². The maximum absolute atomic E-state index is 10.4. The van der Waals surface area contributed by atoms with E-state index in [9.17, 15) is 5.11 Å². The van der Waals surface area contributed by atoms with Crippen molar-refractivity contribution < 1.29 is 9.84 Å². The Labute approximate surface area is 166 Å². The molecule has 1 aromatic carbocycles. The van der Waals surface area contributed by atoms with Crippen LogP contribution in [0.15, 0.2) is 42.6 Å². The SMILES string of the molecule is C=C(C=C(C)c1cc(-c2ncc(C(C)(O)OCC)s2)ccc1C)CC1CC1. The molecular weight excluding hydrogens is 354 g/mol. The average Bonchev–Trinajstić information content (AvgIpc) is 3.25. The number of benzene rings is 1. The molecule has 0 aliphatic heterocycles. The molecule has 1 saturated carbocycles. The van der Waals surface area contributed by atoms with Gasteiger partial charge in [0, 0.05) is 18.4 Å². The van der Waals surface area contributed by atoms with Crippen molar-refractivity contribution >= 4 is 16.9 Å². The summed E-state index contributed by atoms with van der Waals surface area (Å²) in [5, 5.41) is 11.3. The number of aromatic nitrogens is 1. The Hall–Kier alpha value is -1.75. The average molecular weight is 384 g/mol. The molecule has 0 saturated heterocycles. The van der Waals surface area contributed by atoms with Crippen LogP contribution in [0.3, 0.4) is 0 Å². The first-order valence-electron chi connectivity index (χ1n) is 9.60. The quantitative estimate of drug-likeness (QED) is 0.444. The molecule has 2 aromatic rings. The summed E-state index contributed by atoms with van der Waals surface area (Å²) < 4.78 is 5.43. The molecule has 1 atom stereocenters. The lowest BCUT2D eigenvalue weighted by molar-refractivity contribution is -0.193. The van der Waals surface area contributed by atoms with Gasteiger partial charge < -0.3 is 9.84 Å². The summed E-state index contributed by atoms with van der Waals surface area (Å²) in [6.07, 6.45) is 7.72. The number of hydrogen-bond acceptors (Lipinski definition) is 4. The van der Waals surface area contributed by atoms with E-state index in [1.807, 2.05) is 6.92 Å². The first-order chi connectivity index (χ1) is 12.8. The molecule has 0 spiro atoms. The molecule has 1 aromatic heterocycles. The second kappa shape index (κ2) is 8.09. The molecule has 1 aliphatic rings. The van der Waals surface area contributed by atoms with Gasteiger partial charge in [-0.15, -0.1) is 11.3 Å². The highest BCUT2D eigenvalue weighted by Gasteiger charge is 2.26. The fourth-order valence-corrected chi connectivity index (χ4v) is 4.20. The Balaban J connectivity index is 1.86. The van der Waals surface area contributed by atoms with Crippen LogP contribution in [0.1, 0.15) is 56.0 Å². The van der Waals surface area contributed by atoms with Gasteiger partial charge in [-0.05, 0) is 75.6 Å². The first kappa shape index (κ1) is 20.0. The topological polar surface area (TPSA) is 42.4 Å². The third-order valence-corrected chi connectivity index (χ3v) is 6.20. The maximum atomic E-state index is 10.4. The monoisotopic (exact) mass is 383 g/mol. The molecule has 0 amide bonds. The summed E-state index contributed by atoms with van der Waals surface area (Å²) in [7, 11) is 0. The van der Waals surface area contributed by atoms with Gasteiger partial charge in [-0.2, -0.15) is 0 Å². The number of allylic oxidation sites excluding steroid dienone is 3. The molecule has 1 heterocycles. The van der Waals surface area contributed by atoms with Crippen LogP contribution in [0.5, 0.6) is 0 Å². The van der Waals surface area contributed by atoms with E-state index >= 15 is 0 Å². The number of ether oxygens (including phenoxy) is 1. The zero-order chi connectivity index (χ0) is 19.6. The number of hydrogen-bond donors (Lipinski definition) is 1. The summed E-state index contributed by atoms with van der Waals surface area (Å²) in [5.41, 5.74) is 5.96. The lowest BCUT2D eigenvalue weighted by Crippen LogP contribution is -2.23. The highest BCUT2D eigenvalue weighted by Crippen LogP contribution is 2.37. The number of nitrogens with zero attached hydrogens (tertiary/aromatic N) is 1. The normalized spacial score (nSPS) is 17.0. The van der Waals surface area contributed by atoms with Crippen LogP contribution >= 0.6 is 11.3 Å². The van der Waals surface area contributed by atoms with Gasteiger partial charge in [-0.25, -0.2) is 4.98 Å². The van der Waals surface area contributed by atoms with Gasteiger partial charge in [-0.1, -0.05) is 30.4 Å². The van der Waals surface area contributed by atoms with E-state index in [4.69, 9.17) is 4.74 Å². The molecule has 3 nitrogen and oxygen atoms in total. The van der Waals surface area contributed by atoms with Crippen LogP contribution < -0.4 is 0 Å². The van der Waals surface area contributed by atoms with Gasteiger partial charge in [0.2, 0.25) is 0 Å². The van der Waals surface area contributed by atoms with Crippen molar-refractivity contribution in [3.8, 4) is 10.6 Å². The number of thiazole rings is 1.